The third kappa shape index (κ3) is 2.98. The molecule has 0 saturated carbocycles. The lowest BCUT2D eigenvalue weighted by atomic mass is 10.2. The van der Waals surface area contributed by atoms with Crippen molar-refractivity contribution in [3.05, 3.63) is 23.2 Å². The number of ether oxygens (including phenoxy) is 1. The fourth-order valence-electron chi connectivity index (χ4n) is 1.90. The van der Waals surface area contributed by atoms with Crippen LogP contribution in [0, 0.1) is 0 Å². The van der Waals surface area contributed by atoms with Gasteiger partial charge >= 0.3 is 0 Å². The Balaban J connectivity index is 2.16. The molecule has 1 aromatic rings. The highest BCUT2D eigenvalue weighted by Gasteiger charge is 2.29. The number of amides is 1. The summed E-state index contributed by atoms with van der Waals surface area (Å²) in [7, 11) is 0. The Morgan fingerprint density at radius 1 is 1.56 bits per heavy atom. The topological polar surface area (TPSA) is 29.5 Å². The molecule has 5 heteroatoms. The number of alkyl halides is 1. The first kappa shape index (κ1) is 13.7. The molecule has 1 aliphatic heterocycles. The summed E-state index contributed by atoms with van der Waals surface area (Å²) in [4.78, 5) is 13.7. The van der Waals surface area contributed by atoms with Crippen LogP contribution < -0.4 is 9.64 Å². The van der Waals surface area contributed by atoms with Gasteiger partial charge < -0.3 is 9.64 Å². The van der Waals surface area contributed by atoms with Gasteiger partial charge in [0.1, 0.15) is 5.75 Å². The van der Waals surface area contributed by atoms with Crippen molar-refractivity contribution in [3.8, 4) is 5.75 Å². The van der Waals surface area contributed by atoms with Gasteiger partial charge in [-0.05, 0) is 24.6 Å². The highest BCUT2D eigenvalue weighted by atomic mass is 79.9. The zero-order chi connectivity index (χ0) is 13.1. The maximum absolute atomic E-state index is 11.8. The van der Waals surface area contributed by atoms with Crippen LogP contribution >= 0.6 is 27.5 Å². The van der Waals surface area contributed by atoms with Crippen LogP contribution in [0.5, 0.6) is 5.75 Å². The summed E-state index contributed by atoms with van der Waals surface area (Å²) in [6.07, 6.45) is 1.47. The highest BCUT2D eigenvalue weighted by molar-refractivity contribution is 9.09. The van der Waals surface area contributed by atoms with E-state index in [-0.39, 0.29) is 10.7 Å². The maximum Gasteiger partial charge on any atom is 0.228 e. The first-order valence-electron chi connectivity index (χ1n) is 5.98. The van der Waals surface area contributed by atoms with E-state index >= 15 is 0 Å². The van der Waals surface area contributed by atoms with Crippen molar-refractivity contribution in [1.29, 1.82) is 0 Å². The molecule has 1 atom stereocenters. The predicted molar refractivity (Wildman–Crippen MR) is 76.9 cm³/mol. The van der Waals surface area contributed by atoms with Crippen molar-refractivity contribution < 1.29 is 9.53 Å². The second kappa shape index (κ2) is 5.93. The largest absolute Gasteiger partial charge is 0.492 e. The number of benzene rings is 1. The molecule has 0 aliphatic carbocycles. The van der Waals surface area contributed by atoms with E-state index < -0.39 is 0 Å². The van der Waals surface area contributed by atoms with E-state index in [0.717, 1.165) is 12.1 Å². The molecule has 1 aromatic carbocycles. The summed E-state index contributed by atoms with van der Waals surface area (Å²) in [6.45, 7) is 3.37. The van der Waals surface area contributed by atoms with Gasteiger partial charge in [0, 0.05) is 23.5 Å². The molecule has 0 aromatic heterocycles. The normalized spacial score (nSPS) is 19.4. The summed E-state index contributed by atoms with van der Waals surface area (Å²) in [6, 6.07) is 5.48. The van der Waals surface area contributed by atoms with Crippen LogP contribution in [-0.2, 0) is 4.79 Å². The smallest absolute Gasteiger partial charge is 0.228 e. The van der Waals surface area contributed by atoms with Crippen LogP contribution in [0.1, 0.15) is 19.8 Å². The standard InChI is InChI=1S/C13H15BrClNO2/c1-2-5-18-12-4-3-10(7-11(12)15)16-8-9(14)6-13(16)17/h3-4,7,9H,2,5-6,8H2,1H3. The van der Waals surface area contributed by atoms with Crippen LogP contribution in [0.4, 0.5) is 5.69 Å². The number of carbonyl (C=O) groups excluding carboxylic acids is 1. The lowest BCUT2D eigenvalue weighted by Crippen LogP contribution is -2.24. The van der Waals surface area contributed by atoms with Crippen LogP contribution in [0.3, 0.4) is 0 Å². The molecule has 0 spiro atoms. The monoisotopic (exact) mass is 331 g/mol. The molecule has 1 saturated heterocycles. The molecule has 0 N–H and O–H groups in total. The van der Waals surface area contributed by atoms with Gasteiger partial charge in [-0.15, -0.1) is 0 Å². The van der Waals surface area contributed by atoms with E-state index in [4.69, 9.17) is 16.3 Å². The van der Waals surface area contributed by atoms with Crippen LogP contribution in [0.25, 0.3) is 0 Å². The molecule has 1 unspecified atom stereocenters. The molecular weight excluding hydrogens is 318 g/mol. The lowest BCUT2D eigenvalue weighted by Gasteiger charge is -2.17. The first-order valence-corrected chi connectivity index (χ1v) is 7.28. The van der Waals surface area contributed by atoms with E-state index in [1.54, 1.807) is 11.0 Å². The van der Waals surface area contributed by atoms with Crippen molar-refractivity contribution >= 4 is 39.1 Å². The van der Waals surface area contributed by atoms with Gasteiger partial charge in [0.15, 0.2) is 0 Å². The summed E-state index contributed by atoms with van der Waals surface area (Å²) < 4.78 is 5.51. The quantitative estimate of drug-likeness (QED) is 0.788. The van der Waals surface area contributed by atoms with E-state index in [9.17, 15) is 4.79 Å². The molecule has 1 heterocycles. The zero-order valence-corrected chi connectivity index (χ0v) is 12.5. The summed E-state index contributed by atoms with van der Waals surface area (Å²) >= 11 is 9.62. The number of halogens is 2. The number of rotatable bonds is 4. The number of hydrogen-bond acceptors (Lipinski definition) is 2. The van der Waals surface area contributed by atoms with E-state index in [1.165, 1.54) is 0 Å². The minimum Gasteiger partial charge on any atom is -0.492 e. The molecule has 2 rings (SSSR count). The Labute approximate surface area is 120 Å². The van der Waals surface area contributed by atoms with Crippen LogP contribution in [-0.4, -0.2) is 23.9 Å². The third-order valence-corrected chi connectivity index (χ3v) is 3.68. The number of anilines is 1. The van der Waals surface area contributed by atoms with Gasteiger partial charge in [-0.3, -0.25) is 4.79 Å². The van der Waals surface area contributed by atoms with Gasteiger partial charge in [-0.25, -0.2) is 0 Å². The fourth-order valence-corrected chi connectivity index (χ4v) is 2.70. The Morgan fingerprint density at radius 2 is 2.33 bits per heavy atom. The van der Waals surface area contributed by atoms with Gasteiger partial charge in [0.25, 0.3) is 0 Å². The Bertz CT molecular complexity index is 453. The van der Waals surface area contributed by atoms with Gasteiger partial charge in [-0.1, -0.05) is 34.5 Å². The Kier molecular flexibility index (Phi) is 4.51. The number of hydrogen-bond donors (Lipinski definition) is 0. The average Bonchev–Trinajstić information content (AvgIpc) is 2.67. The van der Waals surface area contributed by atoms with E-state index in [1.807, 2.05) is 19.1 Å². The fraction of sp³-hybridized carbons (Fsp3) is 0.462. The lowest BCUT2D eigenvalue weighted by molar-refractivity contribution is -0.117. The van der Waals surface area contributed by atoms with Crippen molar-refractivity contribution in [2.45, 2.75) is 24.6 Å². The van der Waals surface area contributed by atoms with E-state index in [2.05, 4.69) is 15.9 Å². The number of nitrogens with zero attached hydrogens (tertiary/aromatic N) is 1. The Morgan fingerprint density at radius 3 is 2.89 bits per heavy atom. The molecule has 98 valence electrons. The van der Waals surface area contributed by atoms with Gasteiger partial charge in [-0.2, -0.15) is 0 Å². The molecule has 1 fully saturated rings. The predicted octanol–water partition coefficient (Wildman–Crippen LogP) is 3.63. The summed E-state index contributed by atoms with van der Waals surface area (Å²) in [5.41, 5.74) is 0.829. The van der Waals surface area contributed by atoms with E-state index in [0.29, 0.717) is 30.3 Å². The van der Waals surface area contributed by atoms with Gasteiger partial charge in [0.05, 0.1) is 11.6 Å². The van der Waals surface area contributed by atoms with Crippen LogP contribution in [0.15, 0.2) is 18.2 Å². The second-order valence-electron chi connectivity index (χ2n) is 4.27. The molecular formula is C13H15BrClNO2. The average molecular weight is 333 g/mol. The highest BCUT2D eigenvalue weighted by Crippen LogP contribution is 2.32. The molecule has 1 amide bonds. The SMILES string of the molecule is CCCOc1ccc(N2CC(Br)CC2=O)cc1Cl. The zero-order valence-electron chi connectivity index (χ0n) is 10.2. The molecule has 1 aliphatic rings. The summed E-state index contributed by atoms with van der Waals surface area (Å²) in [5.74, 6) is 0.791. The molecule has 0 bridgehead atoms. The molecule has 3 nitrogen and oxygen atoms in total. The molecule has 18 heavy (non-hydrogen) atoms. The maximum atomic E-state index is 11.8. The van der Waals surface area contributed by atoms with Crippen molar-refractivity contribution in [1.82, 2.24) is 0 Å². The van der Waals surface area contributed by atoms with Crippen molar-refractivity contribution in [3.63, 3.8) is 0 Å². The summed E-state index contributed by atoms with van der Waals surface area (Å²) in [5, 5.41) is 0.548. The molecule has 0 radical (unpaired) electrons. The first-order chi connectivity index (χ1) is 8.61. The minimum atomic E-state index is 0.121. The third-order valence-electron chi connectivity index (χ3n) is 2.77. The number of carbonyl (C=O) groups is 1. The van der Waals surface area contributed by atoms with Crippen LogP contribution in [0.2, 0.25) is 5.02 Å². The van der Waals surface area contributed by atoms with Crippen molar-refractivity contribution in [2.24, 2.45) is 0 Å². The Hall–Kier alpha value is -0.740. The van der Waals surface area contributed by atoms with Gasteiger partial charge in [0.2, 0.25) is 5.91 Å². The van der Waals surface area contributed by atoms with Crippen molar-refractivity contribution in [2.75, 3.05) is 18.1 Å². The minimum absolute atomic E-state index is 0.121. The second-order valence-corrected chi connectivity index (χ2v) is 5.97.